The third kappa shape index (κ3) is 1.56. The lowest BCUT2D eigenvalue weighted by atomic mass is 10.0. The molecule has 0 aliphatic carbocycles. The summed E-state index contributed by atoms with van der Waals surface area (Å²) in [6.07, 6.45) is 0. The monoisotopic (exact) mass is 192 g/mol. The third-order valence-corrected chi connectivity index (χ3v) is 2.05. The molecule has 0 aromatic heterocycles. The lowest BCUT2D eigenvalue weighted by Crippen LogP contribution is -1.99. The van der Waals surface area contributed by atoms with Gasteiger partial charge in [-0.1, -0.05) is 0 Å². The van der Waals surface area contributed by atoms with Crippen LogP contribution in [0, 0.1) is 28.4 Å². The molecule has 0 amide bonds. The van der Waals surface area contributed by atoms with Gasteiger partial charge in [-0.2, -0.15) is 5.26 Å². The molecule has 1 aromatic carbocycles. The molecule has 1 rings (SSSR count). The summed E-state index contributed by atoms with van der Waals surface area (Å²) < 4.78 is 0. The Balaban J connectivity index is 3.45. The summed E-state index contributed by atoms with van der Waals surface area (Å²) in [4.78, 5) is 9.97. The van der Waals surface area contributed by atoms with Crippen molar-refractivity contribution in [3.05, 3.63) is 38.9 Å². The fourth-order valence-electron chi connectivity index (χ4n) is 1.23. The van der Waals surface area contributed by atoms with Crippen LogP contribution in [0.1, 0.15) is 16.7 Å². The highest BCUT2D eigenvalue weighted by atomic mass is 16.6. The summed E-state index contributed by atoms with van der Waals surface area (Å²) in [6.45, 7) is 1.15. The van der Waals surface area contributed by atoms with Gasteiger partial charge in [-0.3, -0.25) is 10.1 Å². The van der Waals surface area contributed by atoms with Gasteiger partial charge in [0.2, 0.25) is 0 Å². The smallest absolute Gasteiger partial charge is 0.275 e. The van der Waals surface area contributed by atoms with Crippen molar-refractivity contribution in [1.29, 1.82) is 5.26 Å². The first-order valence-electron chi connectivity index (χ1n) is 3.89. The maximum Gasteiger partial charge on any atom is 0.275 e. The van der Waals surface area contributed by atoms with Crippen LogP contribution >= 0.6 is 0 Å². The third-order valence-electron chi connectivity index (χ3n) is 2.05. The second kappa shape index (κ2) is 3.85. The molecule has 0 bridgehead atoms. The zero-order chi connectivity index (χ0) is 10.7. The van der Waals surface area contributed by atoms with Crippen molar-refractivity contribution in [3.8, 4) is 6.07 Å². The van der Waals surface area contributed by atoms with Gasteiger partial charge in [0, 0.05) is 6.07 Å². The molecule has 0 fully saturated rings. The fourth-order valence-corrected chi connectivity index (χ4v) is 1.23. The second-order valence-electron chi connectivity index (χ2n) is 2.76. The van der Waals surface area contributed by atoms with Crippen LogP contribution in [0.3, 0.4) is 0 Å². The number of nitrogens with zero attached hydrogens (tertiary/aromatic N) is 2. The minimum Gasteiger partial charge on any atom is -0.391 e. The number of rotatable bonds is 2. The minimum atomic E-state index is -0.570. The summed E-state index contributed by atoms with van der Waals surface area (Å²) >= 11 is 0. The molecule has 0 saturated heterocycles. The fraction of sp³-hybridized carbons (Fsp3) is 0.222. The highest BCUT2D eigenvalue weighted by molar-refractivity contribution is 5.52. The SMILES string of the molecule is Cc1c(C#N)ccc([N+](=O)[O-])c1CO. The Hall–Kier alpha value is -1.93. The number of hydrogen-bond donors (Lipinski definition) is 1. The van der Waals surface area contributed by atoms with E-state index in [1.54, 1.807) is 6.92 Å². The van der Waals surface area contributed by atoms with Gasteiger partial charge in [-0.25, -0.2) is 0 Å². The number of nitriles is 1. The molecule has 72 valence electrons. The van der Waals surface area contributed by atoms with E-state index in [-0.39, 0.29) is 11.3 Å². The van der Waals surface area contributed by atoms with Crippen LogP contribution in [0.2, 0.25) is 0 Å². The average molecular weight is 192 g/mol. The number of nitro groups is 1. The van der Waals surface area contributed by atoms with Crippen LogP contribution in [0.25, 0.3) is 0 Å². The van der Waals surface area contributed by atoms with Crippen molar-refractivity contribution < 1.29 is 10.0 Å². The Bertz CT molecular complexity index is 421. The predicted octanol–water partition coefficient (Wildman–Crippen LogP) is 1.27. The summed E-state index contributed by atoms with van der Waals surface area (Å²) in [7, 11) is 0. The Labute approximate surface area is 80.4 Å². The van der Waals surface area contributed by atoms with Crippen LogP contribution in [0.5, 0.6) is 0 Å². The lowest BCUT2D eigenvalue weighted by Gasteiger charge is -2.04. The standard InChI is InChI=1S/C9H8N2O3/c1-6-7(4-10)2-3-9(11(13)14)8(6)5-12/h2-3,12H,5H2,1H3. The highest BCUT2D eigenvalue weighted by Crippen LogP contribution is 2.24. The van der Waals surface area contributed by atoms with Gasteiger partial charge in [-0.05, 0) is 18.6 Å². The maximum atomic E-state index is 10.5. The Morgan fingerprint density at radius 3 is 2.71 bits per heavy atom. The van der Waals surface area contributed by atoms with Crippen molar-refractivity contribution in [2.45, 2.75) is 13.5 Å². The van der Waals surface area contributed by atoms with Crippen molar-refractivity contribution in [1.82, 2.24) is 0 Å². The van der Waals surface area contributed by atoms with Gasteiger partial charge in [-0.15, -0.1) is 0 Å². The zero-order valence-corrected chi connectivity index (χ0v) is 7.52. The highest BCUT2D eigenvalue weighted by Gasteiger charge is 2.17. The number of hydrogen-bond acceptors (Lipinski definition) is 4. The molecule has 1 aromatic rings. The van der Waals surface area contributed by atoms with E-state index in [0.717, 1.165) is 0 Å². The van der Waals surface area contributed by atoms with E-state index in [0.29, 0.717) is 11.1 Å². The number of benzene rings is 1. The number of aliphatic hydroxyl groups excluding tert-OH is 1. The Kier molecular flexibility index (Phi) is 2.79. The number of nitro benzene ring substituents is 1. The molecular formula is C9H8N2O3. The molecule has 0 heterocycles. The summed E-state index contributed by atoms with van der Waals surface area (Å²) in [5.41, 5.74) is 0.863. The summed E-state index contributed by atoms with van der Waals surface area (Å²) in [6, 6.07) is 4.52. The molecule has 0 radical (unpaired) electrons. The van der Waals surface area contributed by atoms with Gasteiger partial charge in [0.1, 0.15) is 0 Å². The van der Waals surface area contributed by atoms with E-state index in [9.17, 15) is 10.1 Å². The molecule has 0 spiro atoms. The molecule has 1 N–H and O–H groups in total. The maximum absolute atomic E-state index is 10.5. The van der Waals surface area contributed by atoms with E-state index in [1.807, 2.05) is 6.07 Å². The van der Waals surface area contributed by atoms with Crippen LogP contribution in [0.4, 0.5) is 5.69 Å². The summed E-state index contributed by atoms with van der Waals surface area (Å²) in [5, 5.41) is 28.2. The average Bonchev–Trinajstić information content (AvgIpc) is 2.17. The van der Waals surface area contributed by atoms with E-state index < -0.39 is 11.5 Å². The molecular weight excluding hydrogens is 184 g/mol. The van der Waals surface area contributed by atoms with E-state index >= 15 is 0 Å². The van der Waals surface area contributed by atoms with Crippen molar-refractivity contribution in [3.63, 3.8) is 0 Å². The van der Waals surface area contributed by atoms with Crippen LogP contribution in [-0.2, 0) is 6.61 Å². The molecule has 14 heavy (non-hydrogen) atoms. The van der Waals surface area contributed by atoms with E-state index in [4.69, 9.17) is 10.4 Å². The summed E-state index contributed by atoms with van der Waals surface area (Å²) in [5.74, 6) is 0. The van der Waals surface area contributed by atoms with Crippen LogP contribution in [-0.4, -0.2) is 10.0 Å². The first-order chi connectivity index (χ1) is 6.61. The largest absolute Gasteiger partial charge is 0.391 e. The van der Waals surface area contributed by atoms with Gasteiger partial charge in [0.25, 0.3) is 5.69 Å². The first kappa shape index (κ1) is 10.2. The molecule has 0 aliphatic heterocycles. The van der Waals surface area contributed by atoms with E-state index in [1.165, 1.54) is 12.1 Å². The molecule has 0 aliphatic rings. The van der Waals surface area contributed by atoms with Gasteiger partial charge >= 0.3 is 0 Å². The van der Waals surface area contributed by atoms with Crippen molar-refractivity contribution in [2.24, 2.45) is 0 Å². The van der Waals surface area contributed by atoms with Gasteiger partial charge < -0.3 is 5.11 Å². The second-order valence-corrected chi connectivity index (χ2v) is 2.76. The predicted molar refractivity (Wildman–Crippen MR) is 48.5 cm³/mol. The molecule has 5 nitrogen and oxygen atoms in total. The minimum absolute atomic E-state index is 0.149. The first-order valence-corrected chi connectivity index (χ1v) is 3.89. The molecule has 0 saturated carbocycles. The molecule has 0 unspecified atom stereocenters. The molecule has 5 heteroatoms. The van der Waals surface area contributed by atoms with Crippen LogP contribution < -0.4 is 0 Å². The normalized spacial score (nSPS) is 9.50. The Morgan fingerprint density at radius 2 is 2.29 bits per heavy atom. The van der Waals surface area contributed by atoms with Crippen molar-refractivity contribution >= 4 is 5.69 Å². The Morgan fingerprint density at radius 1 is 1.64 bits per heavy atom. The van der Waals surface area contributed by atoms with Gasteiger partial charge in [0.05, 0.1) is 28.7 Å². The van der Waals surface area contributed by atoms with E-state index in [2.05, 4.69) is 0 Å². The van der Waals surface area contributed by atoms with Crippen molar-refractivity contribution in [2.75, 3.05) is 0 Å². The topological polar surface area (TPSA) is 87.2 Å². The number of aliphatic hydroxyl groups is 1. The zero-order valence-electron chi connectivity index (χ0n) is 7.52. The van der Waals surface area contributed by atoms with Crippen LogP contribution in [0.15, 0.2) is 12.1 Å². The molecule has 0 atom stereocenters. The quantitative estimate of drug-likeness (QED) is 0.564. The van der Waals surface area contributed by atoms with Gasteiger partial charge in [0.15, 0.2) is 0 Å². The lowest BCUT2D eigenvalue weighted by molar-refractivity contribution is -0.385.